The number of alkyl halides is 1. The number of nitrogens with one attached hydrogen (secondary N) is 1. The molecule has 6 heteroatoms. The van der Waals surface area contributed by atoms with Crippen LogP contribution in [0.4, 0.5) is 5.69 Å². The number of aromatic nitrogens is 1. The predicted molar refractivity (Wildman–Crippen MR) is 122 cm³/mol. The van der Waals surface area contributed by atoms with Crippen molar-refractivity contribution in [1.82, 2.24) is 4.98 Å². The van der Waals surface area contributed by atoms with Gasteiger partial charge in [-0.05, 0) is 23.1 Å². The van der Waals surface area contributed by atoms with Gasteiger partial charge in [0.2, 0.25) is 0 Å². The molecule has 1 atom stereocenters. The third-order valence-electron chi connectivity index (χ3n) is 5.40. The van der Waals surface area contributed by atoms with Gasteiger partial charge >= 0.3 is 0 Å². The van der Waals surface area contributed by atoms with E-state index in [1.54, 1.807) is 0 Å². The molecule has 5 rings (SSSR count). The van der Waals surface area contributed by atoms with Crippen molar-refractivity contribution >= 4 is 67.9 Å². The number of carbonyl (C=O) groups excluding carboxylic acids is 1. The molecule has 3 aromatic carbocycles. The molecule has 0 radical (unpaired) electrons. The number of rotatable bonds is 3. The molecule has 1 N–H and O–H groups in total. The van der Waals surface area contributed by atoms with E-state index in [4.69, 9.17) is 14.7 Å². The second-order valence-corrected chi connectivity index (χ2v) is 7.72. The number of hydrogen-bond donors (Lipinski definition) is 1. The average molecular weight is 503 g/mol. The molecule has 0 saturated heterocycles. The molecule has 0 aliphatic carbocycles. The van der Waals surface area contributed by atoms with E-state index in [0.29, 0.717) is 18.1 Å². The number of benzene rings is 3. The van der Waals surface area contributed by atoms with E-state index in [-0.39, 0.29) is 11.8 Å². The molecule has 1 aliphatic rings. The maximum absolute atomic E-state index is 13.4. The fraction of sp³-hybridized carbons (Fsp3) is 0.136. The third-order valence-corrected chi connectivity index (χ3v) is 6.25. The number of para-hydroxylation sites is 1. The second-order valence-electron chi connectivity index (χ2n) is 6.97. The van der Waals surface area contributed by atoms with Crippen LogP contribution in [-0.4, -0.2) is 23.3 Å². The maximum Gasteiger partial charge on any atom is 0.274 e. The van der Waals surface area contributed by atoms with Crippen LogP contribution in [0.25, 0.3) is 21.7 Å². The van der Waals surface area contributed by atoms with Crippen LogP contribution in [0.2, 0.25) is 0 Å². The van der Waals surface area contributed by atoms with E-state index in [2.05, 4.69) is 11.1 Å². The minimum absolute atomic E-state index is 0.0558. The van der Waals surface area contributed by atoms with Gasteiger partial charge in [-0.3, -0.25) is 4.79 Å². The predicted octanol–water partition coefficient (Wildman–Crippen LogP) is 6.03. The standard InChI is InChI=1S/C22H16ClIN2O2/c23-11-14-12-26(22(27)18-9-13-5-1-4-8-17(13)25-18)19-10-20(28-24)15-6-2-3-7-16(15)21(14)19/h1-10,14,25H,11-12H2/t14-/m1/s1. The normalized spacial score (nSPS) is 15.9. The third kappa shape index (κ3) is 2.68. The number of fused-ring (bicyclic) bond motifs is 4. The van der Waals surface area contributed by atoms with Gasteiger partial charge < -0.3 is 13.0 Å². The van der Waals surface area contributed by atoms with E-state index >= 15 is 0 Å². The van der Waals surface area contributed by atoms with Gasteiger partial charge in [0.15, 0.2) is 23.0 Å². The van der Waals surface area contributed by atoms with Gasteiger partial charge in [-0.25, -0.2) is 0 Å². The molecule has 0 saturated carbocycles. The van der Waals surface area contributed by atoms with E-state index < -0.39 is 0 Å². The molecule has 140 valence electrons. The Labute approximate surface area is 181 Å². The summed E-state index contributed by atoms with van der Waals surface area (Å²) in [5.74, 6) is 1.23. The number of halogens is 2. The molecule has 1 aromatic heterocycles. The first kappa shape index (κ1) is 17.8. The maximum atomic E-state index is 13.4. The summed E-state index contributed by atoms with van der Waals surface area (Å²) in [6.45, 7) is 0.557. The van der Waals surface area contributed by atoms with Gasteiger partial charge in [0, 0.05) is 40.7 Å². The minimum atomic E-state index is -0.0558. The van der Waals surface area contributed by atoms with Gasteiger partial charge in [0.1, 0.15) is 11.4 Å². The van der Waals surface area contributed by atoms with E-state index in [0.717, 1.165) is 38.7 Å². The highest BCUT2D eigenvalue weighted by Crippen LogP contribution is 2.46. The number of hydrogen-bond acceptors (Lipinski definition) is 2. The van der Waals surface area contributed by atoms with Crippen LogP contribution < -0.4 is 7.97 Å². The Morgan fingerprint density at radius 3 is 2.64 bits per heavy atom. The summed E-state index contributed by atoms with van der Waals surface area (Å²) in [5.41, 5.74) is 3.52. The minimum Gasteiger partial charge on any atom is -0.427 e. The zero-order chi connectivity index (χ0) is 19.3. The SMILES string of the molecule is O=C(c1cc2ccccc2[nH]1)N1C[C@@H](CCl)c2c1cc(OI)c1ccccc21. The van der Waals surface area contributed by atoms with Crippen molar-refractivity contribution in [2.75, 3.05) is 17.3 Å². The summed E-state index contributed by atoms with van der Waals surface area (Å²) < 4.78 is 5.59. The van der Waals surface area contributed by atoms with Gasteiger partial charge in [0.25, 0.3) is 5.91 Å². The Morgan fingerprint density at radius 1 is 1.14 bits per heavy atom. The lowest BCUT2D eigenvalue weighted by Gasteiger charge is -2.18. The fourth-order valence-electron chi connectivity index (χ4n) is 4.13. The lowest BCUT2D eigenvalue weighted by atomic mass is 9.95. The number of carbonyl (C=O) groups is 1. The number of aromatic amines is 1. The first-order chi connectivity index (χ1) is 13.7. The molecular weight excluding hydrogens is 487 g/mol. The van der Waals surface area contributed by atoms with Crippen LogP contribution in [0.15, 0.2) is 60.7 Å². The van der Waals surface area contributed by atoms with Gasteiger partial charge in [-0.15, -0.1) is 11.6 Å². The van der Waals surface area contributed by atoms with Gasteiger partial charge in [-0.2, -0.15) is 0 Å². The smallest absolute Gasteiger partial charge is 0.274 e. The molecule has 4 aromatic rings. The van der Waals surface area contributed by atoms with Crippen molar-refractivity contribution < 1.29 is 7.86 Å². The number of amides is 1. The Kier molecular flexibility index (Phi) is 4.44. The second kappa shape index (κ2) is 6.97. The molecule has 2 heterocycles. The fourth-order valence-corrected chi connectivity index (χ4v) is 4.75. The first-order valence-corrected chi connectivity index (χ1v) is 10.4. The highest BCUT2D eigenvalue weighted by Gasteiger charge is 2.35. The van der Waals surface area contributed by atoms with Crippen LogP contribution in [0, 0.1) is 0 Å². The summed E-state index contributed by atoms with van der Waals surface area (Å²) in [7, 11) is 0. The molecule has 1 amide bonds. The molecule has 0 unspecified atom stereocenters. The highest BCUT2D eigenvalue weighted by atomic mass is 127. The van der Waals surface area contributed by atoms with Crippen LogP contribution >= 0.6 is 34.6 Å². The van der Waals surface area contributed by atoms with Crippen molar-refractivity contribution in [3.63, 3.8) is 0 Å². The van der Waals surface area contributed by atoms with E-state index in [1.807, 2.05) is 82.5 Å². The van der Waals surface area contributed by atoms with E-state index in [1.165, 1.54) is 0 Å². The van der Waals surface area contributed by atoms with Crippen molar-refractivity contribution in [3.8, 4) is 5.75 Å². The van der Waals surface area contributed by atoms with Crippen molar-refractivity contribution in [3.05, 3.63) is 71.9 Å². The summed E-state index contributed by atoms with van der Waals surface area (Å²) in [5, 5.41) is 3.14. The lowest BCUT2D eigenvalue weighted by Crippen LogP contribution is -2.30. The largest absolute Gasteiger partial charge is 0.427 e. The lowest BCUT2D eigenvalue weighted by molar-refractivity contribution is 0.0984. The zero-order valence-electron chi connectivity index (χ0n) is 14.8. The number of H-pyrrole nitrogens is 1. The Balaban J connectivity index is 1.67. The zero-order valence-corrected chi connectivity index (χ0v) is 17.7. The number of nitrogens with zero attached hydrogens (tertiary/aromatic N) is 1. The monoisotopic (exact) mass is 502 g/mol. The summed E-state index contributed by atoms with van der Waals surface area (Å²) >= 11 is 8.20. The molecule has 0 fully saturated rings. The van der Waals surface area contributed by atoms with Crippen LogP contribution in [0.5, 0.6) is 5.75 Å². The van der Waals surface area contributed by atoms with Crippen LogP contribution in [-0.2, 0) is 0 Å². The number of anilines is 1. The van der Waals surface area contributed by atoms with Gasteiger partial charge in [-0.1, -0.05) is 42.5 Å². The quantitative estimate of drug-likeness (QED) is 0.274. The first-order valence-electron chi connectivity index (χ1n) is 9.01. The van der Waals surface area contributed by atoms with Crippen molar-refractivity contribution in [2.45, 2.75) is 5.92 Å². The Bertz CT molecular complexity index is 1190. The van der Waals surface area contributed by atoms with Gasteiger partial charge in [0.05, 0.1) is 5.69 Å². The topological polar surface area (TPSA) is 45.3 Å². The summed E-state index contributed by atoms with van der Waals surface area (Å²) in [4.78, 5) is 18.4. The summed E-state index contributed by atoms with van der Waals surface area (Å²) in [6.07, 6.45) is 0. The molecule has 28 heavy (non-hydrogen) atoms. The Hall–Kier alpha value is -2.25. The summed E-state index contributed by atoms with van der Waals surface area (Å²) in [6, 6.07) is 19.9. The van der Waals surface area contributed by atoms with Crippen LogP contribution in [0.3, 0.4) is 0 Å². The molecule has 0 bridgehead atoms. The van der Waals surface area contributed by atoms with Crippen molar-refractivity contribution in [1.29, 1.82) is 0 Å². The van der Waals surface area contributed by atoms with Crippen molar-refractivity contribution in [2.24, 2.45) is 0 Å². The van der Waals surface area contributed by atoms with E-state index in [9.17, 15) is 4.79 Å². The molecule has 0 spiro atoms. The highest BCUT2D eigenvalue weighted by molar-refractivity contribution is 14.1. The van der Waals surface area contributed by atoms with Crippen LogP contribution in [0.1, 0.15) is 22.0 Å². The average Bonchev–Trinajstić information content (AvgIpc) is 3.34. The molecule has 1 aliphatic heterocycles. The molecular formula is C22H16ClIN2O2. The Morgan fingerprint density at radius 2 is 1.89 bits per heavy atom. The molecule has 4 nitrogen and oxygen atoms in total.